The van der Waals surface area contributed by atoms with E-state index >= 15 is 0 Å². The SMILES string of the molecule is CC(C)(C)OC(=O)N(C(OCCCCCCCCCCCO)OOOO)C(C)(C)C. The molecule has 0 aliphatic carbocycles. The highest BCUT2D eigenvalue weighted by Gasteiger charge is 2.38. The molecule has 9 nitrogen and oxygen atoms in total. The molecule has 1 amide bonds. The lowest BCUT2D eigenvalue weighted by Crippen LogP contribution is -2.55. The van der Waals surface area contributed by atoms with Crippen LogP contribution in [-0.2, 0) is 24.4 Å². The van der Waals surface area contributed by atoms with E-state index in [1.54, 1.807) is 41.5 Å². The molecule has 1 unspecified atom stereocenters. The van der Waals surface area contributed by atoms with Crippen molar-refractivity contribution in [2.75, 3.05) is 13.2 Å². The van der Waals surface area contributed by atoms with Gasteiger partial charge in [0.25, 0.3) is 6.41 Å². The van der Waals surface area contributed by atoms with Gasteiger partial charge in [0.1, 0.15) is 5.60 Å². The molecule has 0 fully saturated rings. The number of nitrogens with zero attached hydrogens (tertiary/aromatic N) is 1. The Bertz CT molecular complexity index is 434. The van der Waals surface area contributed by atoms with Gasteiger partial charge in [0.2, 0.25) is 0 Å². The van der Waals surface area contributed by atoms with Crippen LogP contribution in [0.4, 0.5) is 4.79 Å². The molecular formula is C21H43NO8. The van der Waals surface area contributed by atoms with Crippen LogP contribution in [-0.4, -0.2) is 52.1 Å². The maximum absolute atomic E-state index is 12.7. The molecular weight excluding hydrogens is 394 g/mol. The van der Waals surface area contributed by atoms with Crippen molar-refractivity contribution in [3.63, 3.8) is 0 Å². The molecule has 30 heavy (non-hydrogen) atoms. The number of amides is 1. The van der Waals surface area contributed by atoms with Crippen LogP contribution in [0.15, 0.2) is 0 Å². The van der Waals surface area contributed by atoms with Crippen molar-refractivity contribution in [3.8, 4) is 0 Å². The van der Waals surface area contributed by atoms with E-state index in [4.69, 9.17) is 24.7 Å². The second-order valence-corrected chi connectivity index (χ2v) is 9.34. The smallest absolute Gasteiger partial charge is 0.414 e. The Kier molecular flexibility index (Phi) is 15.3. The number of ether oxygens (including phenoxy) is 2. The highest BCUT2D eigenvalue weighted by Crippen LogP contribution is 2.23. The predicted octanol–water partition coefficient (Wildman–Crippen LogP) is 5.18. The van der Waals surface area contributed by atoms with E-state index < -0.39 is 23.6 Å². The molecule has 0 aromatic heterocycles. The van der Waals surface area contributed by atoms with Crippen LogP contribution in [0.1, 0.15) is 99.3 Å². The lowest BCUT2D eigenvalue weighted by Gasteiger charge is -2.39. The van der Waals surface area contributed by atoms with Gasteiger partial charge in [-0.15, -0.1) is 4.89 Å². The highest BCUT2D eigenvalue weighted by molar-refractivity contribution is 5.69. The van der Waals surface area contributed by atoms with Gasteiger partial charge in [0.15, 0.2) is 0 Å². The molecule has 0 aliphatic rings. The van der Waals surface area contributed by atoms with E-state index in [-0.39, 0.29) is 6.61 Å². The van der Waals surface area contributed by atoms with Crippen LogP contribution in [0.5, 0.6) is 0 Å². The molecule has 0 saturated carbocycles. The van der Waals surface area contributed by atoms with E-state index in [9.17, 15) is 4.79 Å². The molecule has 0 aromatic carbocycles. The fourth-order valence-electron chi connectivity index (χ4n) is 2.82. The quantitative estimate of drug-likeness (QED) is 0.147. The molecule has 0 bridgehead atoms. The van der Waals surface area contributed by atoms with Crippen molar-refractivity contribution in [2.24, 2.45) is 0 Å². The van der Waals surface area contributed by atoms with Crippen molar-refractivity contribution in [3.05, 3.63) is 0 Å². The minimum atomic E-state index is -1.25. The standard InChI is InChI=1S/C21H43NO8/c1-20(2,3)22(18(24)27-21(4,5)6)19(28-30-29-25)26-17-15-13-11-9-7-8-10-12-14-16-23/h19,23,25H,7-17H2,1-6H3. The number of hydrogen-bond acceptors (Lipinski definition) is 8. The van der Waals surface area contributed by atoms with Gasteiger partial charge < -0.3 is 14.6 Å². The van der Waals surface area contributed by atoms with Gasteiger partial charge in [-0.2, -0.15) is 0 Å². The normalized spacial score (nSPS) is 13.3. The van der Waals surface area contributed by atoms with E-state index in [1.807, 2.05) is 0 Å². The van der Waals surface area contributed by atoms with Crippen molar-refractivity contribution < 1.29 is 39.6 Å². The minimum Gasteiger partial charge on any atom is -0.444 e. The van der Waals surface area contributed by atoms with Crippen LogP contribution in [0.2, 0.25) is 0 Å². The number of hydrogen-bond donors (Lipinski definition) is 2. The van der Waals surface area contributed by atoms with Gasteiger partial charge in [0, 0.05) is 12.1 Å². The molecule has 1 atom stereocenters. The topological polar surface area (TPSA) is 107 Å². The zero-order chi connectivity index (χ0) is 23.0. The molecule has 0 radical (unpaired) electrons. The van der Waals surface area contributed by atoms with Crippen molar-refractivity contribution in [1.29, 1.82) is 0 Å². The van der Waals surface area contributed by atoms with Gasteiger partial charge in [0.05, 0.1) is 6.61 Å². The third kappa shape index (κ3) is 14.9. The van der Waals surface area contributed by atoms with Crippen molar-refractivity contribution in [1.82, 2.24) is 4.90 Å². The Morgan fingerprint density at radius 2 is 1.37 bits per heavy atom. The summed E-state index contributed by atoms with van der Waals surface area (Å²) in [6, 6.07) is 0. The molecule has 0 aromatic rings. The third-order valence-electron chi connectivity index (χ3n) is 4.24. The van der Waals surface area contributed by atoms with Gasteiger partial charge in [-0.05, 0) is 64.5 Å². The summed E-state index contributed by atoms with van der Waals surface area (Å²) in [5, 5.41) is 24.9. The van der Waals surface area contributed by atoms with E-state index in [0.717, 1.165) is 38.5 Å². The van der Waals surface area contributed by atoms with Crippen LogP contribution >= 0.6 is 0 Å². The first kappa shape index (κ1) is 29.0. The third-order valence-corrected chi connectivity index (χ3v) is 4.24. The summed E-state index contributed by atoms with van der Waals surface area (Å²) >= 11 is 0. The van der Waals surface area contributed by atoms with E-state index in [1.165, 1.54) is 24.2 Å². The number of rotatable bonds is 16. The minimum absolute atomic E-state index is 0.279. The van der Waals surface area contributed by atoms with Gasteiger partial charge in [-0.25, -0.2) is 10.1 Å². The monoisotopic (exact) mass is 437 g/mol. The second-order valence-electron chi connectivity index (χ2n) is 9.34. The average molecular weight is 438 g/mol. The second kappa shape index (κ2) is 15.8. The summed E-state index contributed by atoms with van der Waals surface area (Å²) < 4.78 is 11.2. The summed E-state index contributed by atoms with van der Waals surface area (Å²) in [4.78, 5) is 18.9. The van der Waals surface area contributed by atoms with Crippen LogP contribution < -0.4 is 0 Å². The Morgan fingerprint density at radius 3 is 1.80 bits per heavy atom. The number of aliphatic hydroxyl groups excluding tert-OH is 1. The first-order chi connectivity index (χ1) is 14.0. The average Bonchev–Trinajstić information content (AvgIpc) is 2.61. The zero-order valence-electron chi connectivity index (χ0n) is 19.6. The highest BCUT2D eigenvalue weighted by atomic mass is 17.7. The molecule has 2 N–H and O–H groups in total. The summed E-state index contributed by atoms with van der Waals surface area (Å²) in [5.41, 5.74) is -1.40. The molecule has 0 spiro atoms. The number of carbonyl (C=O) groups excluding carboxylic acids is 1. The Morgan fingerprint density at radius 1 is 0.867 bits per heavy atom. The Balaban J connectivity index is 4.48. The van der Waals surface area contributed by atoms with Crippen molar-refractivity contribution >= 4 is 6.09 Å². The molecule has 180 valence electrons. The lowest BCUT2D eigenvalue weighted by molar-refractivity contribution is -0.650. The van der Waals surface area contributed by atoms with Gasteiger partial charge >= 0.3 is 6.09 Å². The fourth-order valence-corrected chi connectivity index (χ4v) is 2.82. The van der Waals surface area contributed by atoms with Crippen molar-refractivity contribution in [2.45, 2.75) is 117 Å². The summed E-state index contributed by atoms with van der Waals surface area (Å²) in [6.07, 6.45) is 7.68. The largest absolute Gasteiger partial charge is 0.444 e. The molecule has 0 saturated heterocycles. The Labute approximate surface area is 181 Å². The molecule has 0 aliphatic heterocycles. The first-order valence-corrected chi connectivity index (χ1v) is 10.9. The fraction of sp³-hybridized carbons (Fsp3) is 0.952. The van der Waals surface area contributed by atoms with Gasteiger partial charge in [-0.3, -0.25) is 4.90 Å². The maximum atomic E-state index is 12.7. The van der Waals surface area contributed by atoms with Gasteiger partial charge in [-0.1, -0.05) is 44.9 Å². The van der Waals surface area contributed by atoms with Crippen LogP contribution in [0, 0.1) is 0 Å². The van der Waals surface area contributed by atoms with Crippen LogP contribution in [0.25, 0.3) is 0 Å². The summed E-state index contributed by atoms with van der Waals surface area (Å²) in [5.74, 6) is 0. The van der Waals surface area contributed by atoms with E-state index in [0.29, 0.717) is 6.61 Å². The lowest BCUT2D eigenvalue weighted by atomic mass is 10.1. The maximum Gasteiger partial charge on any atom is 0.414 e. The van der Waals surface area contributed by atoms with E-state index in [2.05, 4.69) is 10.1 Å². The number of carbonyl (C=O) groups is 1. The Hall–Kier alpha value is -0.970. The predicted molar refractivity (Wildman–Crippen MR) is 112 cm³/mol. The summed E-state index contributed by atoms with van der Waals surface area (Å²) in [7, 11) is 0. The molecule has 0 rings (SSSR count). The first-order valence-electron chi connectivity index (χ1n) is 10.9. The molecule has 0 heterocycles. The molecule has 9 heteroatoms. The zero-order valence-corrected chi connectivity index (χ0v) is 19.6. The van der Waals surface area contributed by atoms with Crippen LogP contribution in [0.3, 0.4) is 0 Å². The summed E-state index contributed by atoms with van der Waals surface area (Å²) in [6.45, 7) is 11.3. The number of unbranched alkanes of at least 4 members (excludes halogenated alkanes) is 8. The number of aliphatic hydroxyl groups is 1.